The molecule has 0 aliphatic carbocycles. The van der Waals surface area contributed by atoms with Crippen LogP contribution in [0.5, 0.6) is 23.1 Å². The number of hydrogen-bond acceptors (Lipinski definition) is 8. The summed E-state index contributed by atoms with van der Waals surface area (Å²) >= 11 is 0. The van der Waals surface area contributed by atoms with E-state index >= 15 is 0 Å². The molecule has 0 amide bonds. The van der Waals surface area contributed by atoms with Crippen LogP contribution in [0.1, 0.15) is 11.6 Å². The van der Waals surface area contributed by atoms with Gasteiger partial charge in [-0.05, 0) is 55.1 Å². The van der Waals surface area contributed by atoms with E-state index in [2.05, 4.69) is 26.6 Å². The van der Waals surface area contributed by atoms with Crippen molar-refractivity contribution in [2.75, 3.05) is 46.6 Å². The van der Waals surface area contributed by atoms with Gasteiger partial charge in [-0.2, -0.15) is 0 Å². The third-order valence-corrected chi connectivity index (χ3v) is 7.66. The molecule has 5 rings (SSSR count). The lowest BCUT2D eigenvalue weighted by atomic mass is 10.0. The number of ether oxygens (including phenoxy) is 3. The van der Waals surface area contributed by atoms with Gasteiger partial charge in [0.25, 0.3) is 0 Å². The quantitative estimate of drug-likeness (QED) is 0.509. The summed E-state index contributed by atoms with van der Waals surface area (Å²) < 4.78 is 45.7. The highest BCUT2D eigenvalue weighted by Gasteiger charge is 2.27. The maximum Gasteiger partial charge on any atom is 0.240 e. The van der Waals surface area contributed by atoms with Crippen LogP contribution in [0, 0.1) is 0 Å². The van der Waals surface area contributed by atoms with Crippen molar-refractivity contribution < 1.29 is 22.6 Å². The Kier molecular flexibility index (Phi) is 6.87. The largest absolute Gasteiger partial charge is 0.454 e. The Morgan fingerprint density at radius 3 is 2.51 bits per heavy atom. The molecule has 1 N–H and O–H groups in total. The number of nitrogens with one attached hydrogen (secondary N) is 1. The van der Waals surface area contributed by atoms with E-state index in [-0.39, 0.29) is 24.3 Å². The number of benzene rings is 2. The zero-order valence-corrected chi connectivity index (χ0v) is 20.3. The van der Waals surface area contributed by atoms with Gasteiger partial charge in [0.05, 0.1) is 4.90 Å². The lowest BCUT2D eigenvalue weighted by Gasteiger charge is -2.38. The first-order valence-corrected chi connectivity index (χ1v) is 13.0. The van der Waals surface area contributed by atoms with E-state index < -0.39 is 10.0 Å². The van der Waals surface area contributed by atoms with E-state index in [1.165, 1.54) is 12.1 Å². The van der Waals surface area contributed by atoms with Crippen molar-refractivity contribution in [3.05, 3.63) is 72.4 Å². The van der Waals surface area contributed by atoms with Crippen LogP contribution in [0.4, 0.5) is 0 Å². The molecule has 35 heavy (non-hydrogen) atoms. The van der Waals surface area contributed by atoms with Crippen molar-refractivity contribution in [1.29, 1.82) is 0 Å². The molecular weight excluding hydrogens is 468 g/mol. The molecule has 0 spiro atoms. The van der Waals surface area contributed by atoms with Crippen LogP contribution < -0.4 is 18.9 Å². The molecule has 184 valence electrons. The molecular formula is C25H28N4O5S. The normalized spacial score (nSPS) is 17.3. The maximum absolute atomic E-state index is 13.1. The second kappa shape index (κ2) is 10.2. The van der Waals surface area contributed by atoms with E-state index in [1.807, 2.05) is 24.3 Å². The summed E-state index contributed by atoms with van der Waals surface area (Å²) in [5, 5.41) is 0. The second-order valence-electron chi connectivity index (χ2n) is 8.56. The molecule has 0 radical (unpaired) electrons. The van der Waals surface area contributed by atoms with E-state index in [4.69, 9.17) is 14.2 Å². The highest BCUT2D eigenvalue weighted by Crippen LogP contribution is 2.35. The second-order valence-corrected chi connectivity index (χ2v) is 10.3. The van der Waals surface area contributed by atoms with Gasteiger partial charge in [0, 0.05) is 51.0 Å². The molecule has 10 heteroatoms. The van der Waals surface area contributed by atoms with Crippen molar-refractivity contribution in [3.8, 4) is 23.1 Å². The lowest BCUT2D eigenvalue weighted by Crippen LogP contribution is -2.48. The van der Waals surface area contributed by atoms with Crippen LogP contribution >= 0.6 is 0 Å². The zero-order valence-electron chi connectivity index (χ0n) is 19.5. The first kappa shape index (κ1) is 23.6. The molecule has 2 aliphatic heterocycles. The molecule has 9 nitrogen and oxygen atoms in total. The summed E-state index contributed by atoms with van der Waals surface area (Å²) in [6.07, 6.45) is 1.63. The predicted molar refractivity (Wildman–Crippen MR) is 130 cm³/mol. The molecule has 1 atom stereocenters. The van der Waals surface area contributed by atoms with Gasteiger partial charge in [0.15, 0.2) is 11.5 Å². The monoisotopic (exact) mass is 496 g/mol. The van der Waals surface area contributed by atoms with Crippen LogP contribution in [0.3, 0.4) is 0 Å². The summed E-state index contributed by atoms with van der Waals surface area (Å²) in [6, 6.07) is 17.3. The van der Waals surface area contributed by atoms with Crippen LogP contribution in [-0.4, -0.2) is 69.8 Å². The Hall–Kier alpha value is -3.18. The summed E-state index contributed by atoms with van der Waals surface area (Å²) in [5.41, 5.74) is 0.987. The summed E-state index contributed by atoms with van der Waals surface area (Å²) in [6.45, 7) is 3.97. The summed E-state index contributed by atoms with van der Waals surface area (Å²) in [5.74, 6) is 2.35. The number of nitrogens with zero attached hydrogens (tertiary/aromatic N) is 3. The summed E-state index contributed by atoms with van der Waals surface area (Å²) in [7, 11) is -1.63. The van der Waals surface area contributed by atoms with Gasteiger partial charge in [-0.15, -0.1) is 0 Å². The highest BCUT2D eigenvalue weighted by atomic mass is 32.2. The molecule has 1 aromatic heterocycles. The minimum Gasteiger partial charge on any atom is -0.454 e. The van der Waals surface area contributed by atoms with E-state index in [1.54, 1.807) is 30.5 Å². The maximum atomic E-state index is 13.1. The van der Waals surface area contributed by atoms with Gasteiger partial charge in [-0.25, -0.2) is 18.1 Å². The van der Waals surface area contributed by atoms with Crippen molar-refractivity contribution >= 4 is 10.0 Å². The Morgan fingerprint density at radius 2 is 1.77 bits per heavy atom. The van der Waals surface area contributed by atoms with Crippen molar-refractivity contribution in [3.63, 3.8) is 0 Å². The minimum atomic E-state index is -3.73. The predicted octanol–water partition coefficient (Wildman–Crippen LogP) is 2.87. The Labute approximate surface area is 205 Å². The van der Waals surface area contributed by atoms with Crippen LogP contribution in [0.25, 0.3) is 0 Å². The molecule has 1 unspecified atom stereocenters. The van der Waals surface area contributed by atoms with Crippen LogP contribution in [0.15, 0.2) is 71.8 Å². The smallest absolute Gasteiger partial charge is 0.240 e. The average molecular weight is 497 g/mol. The number of rotatable bonds is 8. The third-order valence-electron chi connectivity index (χ3n) is 6.22. The van der Waals surface area contributed by atoms with Crippen molar-refractivity contribution in [2.45, 2.75) is 10.9 Å². The van der Waals surface area contributed by atoms with Crippen LogP contribution in [0.2, 0.25) is 0 Å². The Morgan fingerprint density at radius 1 is 1.00 bits per heavy atom. The van der Waals surface area contributed by atoms with E-state index in [0.717, 1.165) is 31.7 Å². The molecule has 3 aromatic rings. The van der Waals surface area contributed by atoms with Gasteiger partial charge < -0.3 is 19.1 Å². The number of fused-ring (bicyclic) bond motifs is 1. The third kappa shape index (κ3) is 5.57. The molecule has 2 aliphatic rings. The topological polar surface area (TPSA) is 93.2 Å². The average Bonchev–Trinajstić information content (AvgIpc) is 3.34. The molecule has 0 saturated carbocycles. The Balaban J connectivity index is 1.31. The van der Waals surface area contributed by atoms with Gasteiger partial charge in [0.2, 0.25) is 22.7 Å². The number of sulfonamides is 1. The zero-order chi connectivity index (χ0) is 24.3. The Bertz CT molecular complexity index is 1250. The van der Waals surface area contributed by atoms with E-state index in [0.29, 0.717) is 23.1 Å². The minimum absolute atomic E-state index is 0.139. The number of hydrogen-bond donors (Lipinski definition) is 1. The molecule has 1 saturated heterocycles. The van der Waals surface area contributed by atoms with Crippen molar-refractivity contribution in [2.24, 2.45) is 0 Å². The number of piperazine rings is 1. The molecule has 0 bridgehead atoms. The van der Waals surface area contributed by atoms with Gasteiger partial charge in [-0.3, -0.25) is 4.90 Å². The fourth-order valence-corrected chi connectivity index (χ4v) is 5.24. The summed E-state index contributed by atoms with van der Waals surface area (Å²) in [4.78, 5) is 8.87. The highest BCUT2D eigenvalue weighted by molar-refractivity contribution is 7.89. The number of aromatic nitrogens is 1. The lowest BCUT2D eigenvalue weighted by molar-refractivity contribution is 0.112. The van der Waals surface area contributed by atoms with Gasteiger partial charge >= 0.3 is 0 Å². The fraction of sp³-hybridized carbons (Fsp3) is 0.320. The standard InChI is InChI=1S/C25H28N4O5S/c1-28-12-14-29(15-13-28)22(19-5-10-23-24(16-19)33-18-32-23)17-27-35(30,31)21-8-6-20(7-9-21)34-25-4-2-3-11-26-25/h2-11,16,22,27H,12-15,17-18H2,1H3. The first-order valence-electron chi connectivity index (χ1n) is 11.5. The fourth-order valence-electron chi connectivity index (χ4n) is 4.20. The number of pyridine rings is 1. The van der Waals surface area contributed by atoms with Crippen molar-refractivity contribution in [1.82, 2.24) is 19.5 Å². The van der Waals surface area contributed by atoms with E-state index in [9.17, 15) is 8.42 Å². The van der Waals surface area contributed by atoms with Gasteiger partial charge in [0.1, 0.15) is 5.75 Å². The molecule has 1 fully saturated rings. The molecule has 3 heterocycles. The van der Waals surface area contributed by atoms with Crippen LogP contribution in [-0.2, 0) is 10.0 Å². The first-order chi connectivity index (χ1) is 17.0. The van der Waals surface area contributed by atoms with Gasteiger partial charge in [-0.1, -0.05) is 12.1 Å². The molecule has 2 aromatic carbocycles. The SMILES string of the molecule is CN1CCN(C(CNS(=O)(=O)c2ccc(Oc3ccccn3)cc2)c2ccc3c(c2)OCO3)CC1. The number of likely N-dealkylation sites (N-methyl/N-ethyl adjacent to an activating group) is 1.